The summed E-state index contributed by atoms with van der Waals surface area (Å²) >= 11 is 4.69. The van der Waals surface area contributed by atoms with Crippen LogP contribution in [0.4, 0.5) is 5.69 Å². The van der Waals surface area contributed by atoms with Gasteiger partial charge in [-0.25, -0.2) is 9.79 Å². The minimum Gasteiger partial charge on any atom is -0.493 e. The molecule has 0 aliphatic carbocycles. The topological polar surface area (TPSA) is 77.4 Å². The van der Waals surface area contributed by atoms with Gasteiger partial charge in [0.2, 0.25) is 0 Å². The van der Waals surface area contributed by atoms with Gasteiger partial charge in [-0.05, 0) is 69.7 Å². The molecule has 9 heteroatoms. The summed E-state index contributed by atoms with van der Waals surface area (Å²) in [6.07, 6.45) is 7.01. The van der Waals surface area contributed by atoms with Crippen molar-refractivity contribution < 1.29 is 23.8 Å². The van der Waals surface area contributed by atoms with Crippen LogP contribution >= 0.6 is 27.7 Å². The molecular formula is C23H19BrN2O5S. The fourth-order valence-electron chi connectivity index (χ4n) is 2.81. The molecule has 164 valence electrons. The first-order valence-electron chi connectivity index (χ1n) is 9.26. The summed E-state index contributed by atoms with van der Waals surface area (Å²) in [6, 6.07) is 10.3. The molecule has 1 amide bonds. The van der Waals surface area contributed by atoms with Crippen LogP contribution in [0.3, 0.4) is 0 Å². The number of thioether (sulfide) groups is 1. The highest BCUT2D eigenvalue weighted by Crippen LogP contribution is 2.39. The van der Waals surface area contributed by atoms with E-state index in [0.717, 1.165) is 5.56 Å². The molecule has 32 heavy (non-hydrogen) atoms. The first kappa shape index (κ1) is 23.4. The molecule has 0 unspecified atom stereocenters. The van der Waals surface area contributed by atoms with Crippen molar-refractivity contribution in [3.63, 3.8) is 0 Å². The SMILES string of the molecule is C#CCOc1c(Br)cc(C=C2SC(=Nc3cccc(C(=O)OC)c3)N(C)C2=O)cc1OC. The van der Waals surface area contributed by atoms with Crippen molar-refractivity contribution in [3.05, 3.63) is 56.9 Å². The fourth-order valence-corrected chi connectivity index (χ4v) is 4.37. The maximum atomic E-state index is 12.8. The van der Waals surface area contributed by atoms with Crippen LogP contribution in [-0.2, 0) is 9.53 Å². The van der Waals surface area contributed by atoms with Gasteiger partial charge < -0.3 is 14.2 Å². The molecule has 1 heterocycles. The lowest BCUT2D eigenvalue weighted by molar-refractivity contribution is -0.121. The highest BCUT2D eigenvalue weighted by Gasteiger charge is 2.30. The van der Waals surface area contributed by atoms with Gasteiger partial charge >= 0.3 is 5.97 Å². The number of carbonyl (C=O) groups is 2. The molecule has 0 atom stereocenters. The van der Waals surface area contributed by atoms with Crippen LogP contribution in [-0.4, -0.2) is 49.8 Å². The quantitative estimate of drug-likeness (QED) is 0.321. The lowest BCUT2D eigenvalue weighted by Crippen LogP contribution is -2.23. The summed E-state index contributed by atoms with van der Waals surface area (Å²) in [5, 5.41) is 0.489. The second kappa shape index (κ2) is 10.4. The number of nitrogens with zero attached hydrogens (tertiary/aromatic N) is 2. The van der Waals surface area contributed by atoms with E-state index < -0.39 is 5.97 Å². The minimum absolute atomic E-state index is 0.103. The van der Waals surface area contributed by atoms with Crippen molar-refractivity contribution in [2.75, 3.05) is 27.9 Å². The number of carbonyl (C=O) groups excluding carboxylic acids is 2. The Kier molecular flexibility index (Phi) is 7.62. The second-order valence-electron chi connectivity index (χ2n) is 6.44. The van der Waals surface area contributed by atoms with Gasteiger partial charge in [0, 0.05) is 7.05 Å². The standard InChI is InChI=1S/C23H19BrN2O5S/c1-5-9-31-20-17(24)10-14(11-18(20)29-3)12-19-21(27)26(2)23(32-19)25-16-8-6-7-15(13-16)22(28)30-4/h1,6-8,10-13H,9H2,2-4H3. The Morgan fingerprint density at radius 3 is 2.78 bits per heavy atom. The first-order chi connectivity index (χ1) is 15.4. The molecule has 3 rings (SSSR count). The number of hydrogen-bond acceptors (Lipinski definition) is 7. The monoisotopic (exact) mass is 514 g/mol. The van der Waals surface area contributed by atoms with Gasteiger partial charge in [0.25, 0.3) is 5.91 Å². The molecule has 0 N–H and O–H groups in total. The number of amidine groups is 1. The van der Waals surface area contributed by atoms with Crippen LogP contribution in [0.1, 0.15) is 15.9 Å². The lowest BCUT2D eigenvalue weighted by Gasteiger charge is -2.12. The molecule has 1 saturated heterocycles. The molecule has 1 aliphatic heterocycles. The summed E-state index contributed by atoms with van der Waals surface area (Å²) in [6.45, 7) is 0.103. The van der Waals surface area contributed by atoms with Crippen molar-refractivity contribution in [2.45, 2.75) is 0 Å². The van der Waals surface area contributed by atoms with Crippen LogP contribution in [0.2, 0.25) is 0 Å². The number of likely N-dealkylation sites (N-methyl/N-ethyl adjacent to an activating group) is 1. The Bertz CT molecular complexity index is 1170. The first-order valence-corrected chi connectivity index (χ1v) is 10.9. The molecule has 0 bridgehead atoms. The van der Waals surface area contributed by atoms with Crippen LogP contribution in [0.15, 0.2) is 50.8 Å². The number of terminal acetylenes is 1. The number of aliphatic imine (C=N–C) groups is 1. The largest absolute Gasteiger partial charge is 0.493 e. The van der Waals surface area contributed by atoms with Crippen molar-refractivity contribution in [3.8, 4) is 23.8 Å². The minimum atomic E-state index is -0.453. The molecule has 0 spiro atoms. The van der Waals surface area contributed by atoms with Gasteiger partial charge in [-0.1, -0.05) is 12.0 Å². The predicted octanol–water partition coefficient (Wildman–Crippen LogP) is 4.49. The van der Waals surface area contributed by atoms with E-state index in [-0.39, 0.29) is 12.5 Å². The van der Waals surface area contributed by atoms with E-state index in [9.17, 15) is 9.59 Å². The van der Waals surface area contributed by atoms with Crippen molar-refractivity contribution in [1.82, 2.24) is 4.90 Å². The van der Waals surface area contributed by atoms with E-state index in [0.29, 0.717) is 37.3 Å². The number of ether oxygens (including phenoxy) is 3. The van der Waals surface area contributed by atoms with Crippen LogP contribution in [0.5, 0.6) is 11.5 Å². The zero-order valence-corrected chi connectivity index (χ0v) is 20.0. The molecule has 0 aromatic heterocycles. The number of halogens is 1. The summed E-state index contributed by atoms with van der Waals surface area (Å²) in [5.74, 6) is 2.74. The molecule has 0 radical (unpaired) electrons. The van der Waals surface area contributed by atoms with E-state index in [4.69, 9.17) is 20.6 Å². The predicted molar refractivity (Wildman–Crippen MR) is 128 cm³/mol. The second-order valence-corrected chi connectivity index (χ2v) is 8.30. The summed E-state index contributed by atoms with van der Waals surface area (Å²) in [5.41, 5.74) is 1.65. The van der Waals surface area contributed by atoms with Crippen LogP contribution < -0.4 is 9.47 Å². The molecule has 7 nitrogen and oxygen atoms in total. The third kappa shape index (κ3) is 5.15. The summed E-state index contributed by atoms with van der Waals surface area (Å²) in [7, 11) is 4.49. The zero-order chi connectivity index (χ0) is 23.3. The average molecular weight is 515 g/mol. The molecule has 2 aromatic carbocycles. The number of amides is 1. The van der Waals surface area contributed by atoms with E-state index in [1.54, 1.807) is 43.5 Å². The fraction of sp³-hybridized carbons (Fsp3) is 0.174. The van der Waals surface area contributed by atoms with Gasteiger partial charge in [0.1, 0.15) is 6.61 Å². The van der Waals surface area contributed by atoms with Gasteiger partial charge in [0.05, 0.1) is 34.8 Å². The number of benzene rings is 2. The Morgan fingerprint density at radius 1 is 1.31 bits per heavy atom. The van der Waals surface area contributed by atoms with Crippen molar-refractivity contribution in [1.29, 1.82) is 0 Å². The Hall–Kier alpha value is -3.22. The summed E-state index contributed by atoms with van der Waals surface area (Å²) in [4.78, 5) is 31.0. The third-order valence-electron chi connectivity index (χ3n) is 4.34. The molecule has 2 aromatic rings. The molecule has 1 fully saturated rings. The van der Waals surface area contributed by atoms with E-state index >= 15 is 0 Å². The molecule has 1 aliphatic rings. The van der Waals surface area contributed by atoms with Gasteiger partial charge in [-0.15, -0.1) is 6.42 Å². The van der Waals surface area contributed by atoms with E-state index in [1.807, 2.05) is 6.07 Å². The molecule has 0 saturated carbocycles. The van der Waals surface area contributed by atoms with Gasteiger partial charge in [0.15, 0.2) is 16.7 Å². The summed E-state index contributed by atoms with van der Waals surface area (Å²) < 4.78 is 16.3. The van der Waals surface area contributed by atoms with Crippen molar-refractivity contribution >= 4 is 56.5 Å². The zero-order valence-electron chi connectivity index (χ0n) is 17.5. The number of rotatable bonds is 6. The van der Waals surface area contributed by atoms with Crippen LogP contribution in [0.25, 0.3) is 6.08 Å². The van der Waals surface area contributed by atoms with E-state index in [2.05, 4.69) is 26.8 Å². The highest BCUT2D eigenvalue weighted by molar-refractivity contribution is 9.10. The molecular weight excluding hydrogens is 496 g/mol. The maximum absolute atomic E-state index is 12.8. The van der Waals surface area contributed by atoms with Crippen molar-refractivity contribution in [2.24, 2.45) is 4.99 Å². The smallest absolute Gasteiger partial charge is 0.337 e. The average Bonchev–Trinajstić information content (AvgIpc) is 3.05. The van der Waals surface area contributed by atoms with Gasteiger partial charge in [-0.2, -0.15) is 0 Å². The number of esters is 1. The Morgan fingerprint density at radius 2 is 2.09 bits per heavy atom. The normalized spacial score (nSPS) is 15.7. The Balaban J connectivity index is 1.90. The Labute approximate surface area is 198 Å². The van der Waals surface area contributed by atoms with E-state index in [1.165, 1.54) is 30.9 Å². The lowest BCUT2D eigenvalue weighted by atomic mass is 10.2. The van der Waals surface area contributed by atoms with Gasteiger partial charge in [-0.3, -0.25) is 9.69 Å². The van der Waals surface area contributed by atoms with Crippen LogP contribution in [0, 0.1) is 12.3 Å². The number of methoxy groups -OCH3 is 2. The number of hydrogen-bond donors (Lipinski definition) is 0. The highest BCUT2D eigenvalue weighted by atomic mass is 79.9. The third-order valence-corrected chi connectivity index (χ3v) is 5.99. The maximum Gasteiger partial charge on any atom is 0.337 e.